The predicted molar refractivity (Wildman–Crippen MR) is 89.3 cm³/mol. The molecule has 1 aromatic carbocycles. The van der Waals surface area contributed by atoms with Crippen LogP contribution in [0.2, 0.25) is 0 Å². The van der Waals surface area contributed by atoms with Crippen LogP contribution in [0.3, 0.4) is 0 Å². The minimum absolute atomic E-state index is 0.0187. The van der Waals surface area contributed by atoms with Gasteiger partial charge in [-0.05, 0) is 19.1 Å². The van der Waals surface area contributed by atoms with E-state index in [0.717, 1.165) is 33.6 Å². The number of amides is 1. The minimum Gasteiger partial charge on any atom is -0.497 e. The SMILES string of the molecule is COc1cccc(NC(=O)CCSCc2csc(C)n2)c1. The van der Waals surface area contributed by atoms with Gasteiger partial charge in [-0.3, -0.25) is 4.79 Å². The van der Waals surface area contributed by atoms with Gasteiger partial charge in [-0.15, -0.1) is 11.3 Å². The van der Waals surface area contributed by atoms with Crippen LogP contribution in [0, 0.1) is 6.92 Å². The van der Waals surface area contributed by atoms with E-state index in [2.05, 4.69) is 15.7 Å². The van der Waals surface area contributed by atoms with Crippen LogP contribution in [0.1, 0.15) is 17.1 Å². The Hall–Kier alpha value is -1.53. The van der Waals surface area contributed by atoms with Crippen molar-refractivity contribution in [2.24, 2.45) is 0 Å². The van der Waals surface area contributed by atoms with Gasteiger partial charge >= 0.3 is 0 Å². The molecular formula is C15H18N2O2S2. The molecule has 0 atom stereocenters. The molecule has 0 radical (unpaired) electrons. The zero-order valence-corrected chi connectivity index (χ0v) is 13.7. The van der Waals surface area contributed by atoms with Gasteiger partial charge in [-0.1, -0.05) is 6.07 Å². The lowest BCUT2D eigenvalue weighted by atomic mass is 10.3. The van der Waals surface area contributed by atoms with Crippen molar-refractivity contribution in [2.75, 3.05) is 18.2 Å². The molecule has 6 heteroatoms. The predicted octanol–water partition coefficient (Wildman–Crippen LogP) is 3.72. The number of carbonyl (C=O) groups is 1. The second kappa shape index (κ2) is 8.05. The van der Waals surface area contributed by atoms with Gasteiger partial charge < -0.3 is 10.1 Å². The number of nitrogens with one attached hydrogen (secondary N) is 1. The quantitative estimate of drug-likeness (QED) is 0.789. The molecule has 112 valence electrons. The van der Waals surface area contributed by atoms with Gasteiger partial charge in [0, 0.05) is 35.1 Å². The molecule has 2 aromatic rings. The summed E-state index contributed by atoms with van der Waals surface area (Å²) in [4.78, 5) is 16.2. The fourth-order valence-electron chi connectivity index (χ4n) is 1.74. The minimum atomic E-state index is 0.0187. The summed E-state index contributed by atoms with van der Waals surface area (Å²) in [6.45, 7) is 2.00. The third kappa shape index (κ3) is 5.40. The number of thiazole rings is 1. The van der Waals surface area contributed by atoms with E-state index in [-0.39, 0.29) is 5.91 Å². The van der Waals surface area contributed by atoms with E-state index in [1.165, 1.54) is 0 Å². The molecule has 0 aliphatic heterocycles. The molecule has 21 heavy (non-hydrogen) atoms. The molecule has 2 rings (SSSR count). The number of ether oxygens (including phenoxy) is 1. The molecule has 0 unspecified atom stereocenters. The van der Waals surface area contributed by atoms with Gasteiger partial charge in [-0.25, -0.2) is 4.98 Å². The Labute approximate surface area is 132 Å². The average Bonchev–Trinajstić information content (AvgIpc) is 2.89. The number of methoxy groups -OCH3 is 1. The zero-order chi connectivity index (χ0) is 15.1. The number of nitrogens with zero attached hydrogens (tertiary/aromatic N) is 1. The number of aromatic nitrogens is 1. The molecule has 1 aromatic heterocycles. The van der Waals surface area contributed by atoms with E-state index in [0.29, 0.717) is 6.42 Å². The van der Waals surface area contributed by atoms with Crippen LogP contribution >= 0.6 is 23.1 Å². The molecule has 0 saturated carbocycles. The van der Waals surface area contributed by atoms with E-state index >= 15 is 0 Å². The lowest BCUT2D eigenvalue weighted by molar-refractivity contribution is -0.115. The second-order valence-corrected chi connectivity index (χ2v) is 6.61. The summed E-state index contributed by atoms with van der Waals surface area (Å²) < 4.78 is 5.12. The highest BCUT2D eigenvalue weighted by Crippen LogP contribution is 2.18. The van der Waals surface area contributed by atoms with E-state index < -0.39 is 0 Å². The van der Waals surface area contributed by atoms with Crippen LogP contribution in [0.15, 0.2) is 29.6 Å². The van der Waals surface area contributed by atoms with Crippen LogP contribution in [0.4, 0.5) is 5.69 Å². The molecule has 0 spiro atoms. The largest absolute Gasteiger partial charge is 0.497 e. The number of aryl methyl sites for hydroxylation is 1. The van der Waals surface area contributed by atoms with Crippen molar-refractivity contribution in [1.82, 2.24) is 4.98 Å². The Kier molecular flexibility index (Phi) is 6.07. The van der Waals surface area contributed by atoms with Crippen molar-refractivity contribution in [3.8, 4) is 5.75 Å². The molecule has 0 aliphatic rings. The van der Waals surface area contributed by atoms with Crippen molar-refractivity contribution in [3.05, 3.63) is 40.3 Å². The fourth-order valence-corrected chi connectivity index (χ4v) is 3.29. The monoisotopic (exact) mass is 322 g/mol. The van der Waals surface area contributed by atoms with E-state index in [1.54, 1.807) is 30.2 Å². The zero-order valence-electron chi connectivity index (χ0n) is 12.1. The highest BCUT2D eigenvalue weighted by Gasteiger charge is 2.04. The number of hydrogen-bond donors (Lipinski definition) is 1. The van der Waals surface area contributed by atoms with Gasteiger partial charge in [0.1, 0.15) is 5.75 Å². The van der Waals surface area contributed by atoms with Crippen molar-refractivity contribution < 1.29 is 9.53 Å². The van der Waals surface area contributed by atoms with Crippen LogP contribution in [-0.4, -0.2) is 23.8 Å². The van der Waals surface area contributed by atoms with Crippen molar-refractivity contribution in [2.45, 2.75) is 19.1 Å². The Morgan fingerprint density at radius 2 is 2.33 bits per heavy atom. The Morgan fingerprint density at radius 1 is 1.48 bits per heavy atom. The molecule has 1 heterocycles. The Bertz CT molecular complexity index is 599. The van der Waals surface area contributed by atoms with Crippen molar-refractivity contribution in [1.29, 1.82) is 0 Å². The van der Waals surface area contributed by atoms with Crippen LogP contribution in [0.5, 0.6) is 5.75 Å². The number of anilines is 1. The summed E-state index contributed by atoms with van der Waals surface area (Å²) in [7, 11) is 1.61. The van der Waals surface area contributed by atoms with Gasteiger partial charge in [-0.2, -0.15) is 11.8 Å². The smallest absolute Gasteiger partial charge is 0.225 e. The summed E-state index contributed by atoms with van der Waals surface area (Å²) in [6, 6.07) is 7.36. The number of rotatable bonds is 7. The topological polar surface area (TPSA) is 51.2 Å². The highest BCUT2D eigenvalue weighted by molar-refractivity contribution is 7.98. The average molecular weight is 322 g/mol. The molecule has 1 N–H and O–H groups in total. The Balaban J connectivity index is 1.69. The molecule has 0 saturated heterocycles. The first kappa shape index (κ1) is 15.9. The highest BCUT2D eigenvalue weighted by atomic mass is 32.2. The number of hydrogen-bond acceptors (Lipinski definition) is 5. The van der Waals surface area contributed by atoms with Crippen LogP contribution in [-0.2, 0) is 10.5 Å². The van der Waals surface area contributed by atoms with Gasteiger partial charge in [0.2, 0.25) is 5.91 Å². The molecule has 4 nitrogen and oxygen atoms in total. The summed E-state index contributed by atoms with van der Waals surface area (Å²) in [5, 5.41) is 6.03. The number of carbonyl (C=O) groups excluding carboxylic acids is 1. The van der Waals surface area contributed by atoms with Gasteiger partial charge in [0.25, 0.3) is 0 Å². The molecular weight excluding hydrogens is 304 g/mol. The molecule has 0 fully saturated rings. The van der Waals surface area contributed by atoms with E-state index in [9.17, 15) is 4.79 Å². The third-order valence-electron chi connectivity index (χ3n) is 2.74. The maximum atomic E-state index is 11.8. The molecule has 0 bridgehead atoms. The first-order valence-electron chi connectivity index (χ1n) is 6.60. The summed E-state index contributed by atoms with van der Waals surface area (Å²) in [5.41, 5.74) is 1.86. The second-order valence-electron chi connectivity index (χ2n) is 4.44. The number of benzene rings is 1. The maximum absolute atomic E-state index is 11.8. The lowest BCUT2D eigenvalue weighted by Crippen LogP contribution is -2.12. The standard InChI is InChI=1S/C15H18N2O2S2/c1-11-16-13(10-21-11)9-20-7-6-15(18)17-12-4-3-5-14(8-12)19-2/h3-5,8,10H,6-7,9H2,1-2H3,(H,17,18). The lowest BCUT2D eigenvalue weighted by Gasteiger charge is -2.06. The fraction of sp³-hybridized carbons (Fsp3) is 0.333. The molecule has 1 amide bonds. The summed E-state index contributed by atoms with van der Waals surface area (Å²) in [6.07, 6.45) is 0.491. The van der Waals surface area contributed by atoms with E-state index in [4.69, 9.17) is 4.74 Å². The van der Waals surface area contributed by atoms with E-state index in [1.807, 2.05) is 31.2 Å². The summed E-state index contributed by atoms with van der Waals surface area (Å²) in [5.74, 6) is 2.40. The third-order valence-corrected chi connectivity index (χ3v) is 4.56. The number of thioether (sulfide) groups is 1. The van der Waals surface area contributed by atoms with Crippen LogP contribution < -0.4 is 10.1 Å². The molecule has 0 aliphatic carbocycles. The maximum Gasteiger partial charge on any atom is 0.225 e. The first-order chi connectivity index (χ1) is 10.2. The first-order valence-corrected chi connectivity index (χ1v) is 8.63. The van der Waals surface area contributed by atoms with Crippen molar-refractivity contribution in [3.63, 3.8) is 0 Å². The Morgan fingerprint density at radius 3 is 3.05 bits per heavy atom. The van der Waals surface area contributed by atoms with Gasteiger partial charge in [0.15, 0.2) is 0 Å². The summed E-state index contributed by atoms with van der Waals surface area (Å²) >= 11 is 3.38. The van der Waals surface area contributed by atoms with Gasteiger partial charge in [0.05, 0.1) is 17.8 Å². The normalized spacial score (nSPS) is 10.4. The van der Waals surface area contributed by atoms with Crippen molar-refractivity contribution >= 4 is 34.7 Å². The van der Waals surface area contributed by atoms with Crippen LogP contribution in [0.25, 0.3) is 0 Å².